The number of nitrogens with zero attached hydrogens (tertiary/aromatic N) is 1. The second-order valence-electron chi connectivity index (χ2n) is 4.18. The summed E-state index contributed by atoms with van der Waals surface area (Å²) in [5.41, 5.74) is 5.37. The average Bonchev–Trinajstić information content (AvgIpc) is 2.87. The molecule has 0 bridgehead atoms. The molecule has 1 atom stereocenters. The van der Waals surface area contributed by atoms with Crippen LogP contribution in [0, 0.1) is 0 Å². The molecule has 0 saturated heterocycles. The predicted octanol–water partition coefficient (Wildman–Crippen LogP) is 1.38. The molecule has 0 unspecified atom stereocenters. The Morgan fingerprint density at radius 1 is 1.48 bits per heavy atom. The molecule has 2 heterocycles. The van der Waals surface area contributed by atoms with Crippen molar-refractivity contribution >= 4 is 33.4 Å². The summed E-state index contributed by atoms with van der Waals surface area (Å²) in [6.45, 7) is -0.252. The first-order valence-electron chi connectivity index (χ1n) is 5.83. The Kier molecular flexibility index (Phi) is 4.43. The quantitative estimate of drug-likeness (QED) is 0.773. The molecule has 0 aliphatic carbocycles. The van der Waals surface area contributed by atoms with E-state index >= 15 is 0 Å². The Hall–Kier alpha value is -2.13. The zero-order valence-electron chi connectivity index (χ0n) is 10.5. The third-order valence-corrected chi connectivity index (χ3v) is 3.87. The van der Waals surface area contributed by atoms with E-state index in [4.69, 9.17) is 10.8 Å². The molecule has 0 saturated carbocycles. The van der Waals surface area contributed by atoms with Gasteiger partial charge in [-0.1, -0.05) is 0 Å². The maximum absolute atomic E-state index is 12.8. The van der Waals surface area contributed by atoms with Gasteiger partial charge in [-0.25, -0.2) is 8.78 Å². The van der Waals surface area contributed by atoms with Crippen molar-refractivity contribution in [3.63, 3.8) is 0 Å². The van der Waals surface area contributed by atoms with Crippen LogP contribution in [-0.4, -0.2) is 34.6 Å². The third-order valence-electron chi connectivity index (χ3n) is 2.70. The van der Waals surface area contributed by atoms with Crippen LogP contribution in [0.3, 0.4) is 0 Å². The number of carboxylic acid groups (broad SMARTS) is 1. The molecule has 9 heteroatoms. The number of nitrogens with two attached hydrogens (primary N) is 1. The fourth-order valence-electron chi connectivity index (χ4n) is 1.62. The van der Waals surface area contributed by atoms with Gasteiger partial charge in [-0.05, 0) is 12.1 Å². The number of alkyl halides is 2. The Balaban J connectivity index is 2.21. The van der Waals surface area contributed by atoms with E-state index in [1.54, 1.807) is 0 Å². The maximum Gasteiger partial charge on any atom is 0.322 e. The number of nitrogens with one attached hydrogen (secondary N) is 1. The Bertz CT molecular complexity index is 689. The second-order valence-corrected chi connectivity index (χ2v) is 5.23. The summed E-state index contributed by atoms with van der Waals surface area (Å²) < 4.78 is 25.9. The number of pyridine rings is 1. The third kappa shape index (κ3) is 3.31. The molecule has 0 aromatic carbocycles. The number of carboxylic acids is 1. The lowest BCUT2D eigenvalue weighted by molar-refractivity contribution is -0.138. The van der Waals surface area contributed by atoms with Gasteiger partial charge in [0.25, 0.3) is 12.3 Å². The molecule has 0 fully saturated rings. The lowest BCUT2D eigenvalue weighted by Gasteiger charge is -2.06. The number of hydrogen-bond donors (Lipinski definition) is 3. The number of hydrogen-bond acceptors (Lipinski definition) is 5. The molecule has 0 radical (unpaired) electrons. The molecule has 0 spiro atoms. The van der Waals surface area contributed by atoms with Gasteiger partial charge in [0.2, 0.25) is 0 Å². The van der Waals surface area contributed by atoms with Gasteiger partial charge in [0.1, 0.15) is 6.04 Å². The summed E-state index contributed by atoms with van der Waals surface area (Å²) in [5.74, 6) is -1.82. The first kappa shape index (κ1) is 15.3. The monoisotopic (exact) mass is 315 g/mol. The normalized spacial score (nSPS) is 12.6. The summed E-state index contributed by atoms with van der Waals surface area (Å²) in [4.78, 5) is 26.5. The number of carbonyl (C=O) groups excluding carboxylic acids is 1. The van der Waals surface area contributed by atoms with Gasteiger partial charge in [-0.3, -0.25) is 14.6 Å². The van der Waals surface area contributed by atoms with Crippen LogP contribution in [-0.2, 0) is 4.79 Å². The van der Waals surface area contributed by atoms with Gasteiger partial charge in [-0.15, -0.1) is 11.3 Å². The van der Waals surface area contributed by atoms with Crippen molar-refractivity contribution in [3.05, 3.63) is 28.8 Å². The van der Waals surface area contributed by atoms with Crippen LogP contribution in [0.1, 0.15) is 21.7 Å². The number of thiophene rings is 1. The zero-order chi connectivity index (χ0) is 15.6. The van der Waals surface area contributed by atoms with Crippen molar-refractivity contribution in [3.8, 4) is 0 Å². The molecular weight excluding hydrogens is 304 g/mol. The minimum absolute atomic E-state index is 0.170. The maximum atomic E-state index is 12.8. The Morgan fingerprint density at radius 3 is 2.81 bits per heavy atom. The lowest BCUT2D eigenvalue weighted by atomic mass is 10.2. The number of aliphatic carboxylic acids is 1. The van der Waals surface area contributed by atoms with Crippen LogP contribution in [0.5, 0.6) is 0 Å². The molecule has 0 aliphatic heterocycles. The van der Waals surface area contributed by atoms with Crippen LogP contribution in [0.25, 0.3) is 10.2 Å². The molecule has 2 aromatic heterocycles. The van der Waals surface area contributed by atoms with Crippen LogP contribution in [0.15, 0.2) is 18.3 Å². The number of halogens is 2. The average molecular weight is 315 g/mol. The van der Waals surface area contributed by atoms with Crippen molar-refractivity contribution in [2.24, 2.45) is 5.73 Å². The summed E-state index contributed by atoms with van der Waals surface area (Å²) in [7, 11) is 0. The first-order chi connectivity index (χ1) is 9.90. The number of rotatable bonds is 5. The van der Waals surface area contributed by atoms with Gasteiger partial charge in [0, 0.05) is 18.3 Å². The fraction of sp³-hybridized carbons (Fsp3) is 0.250. The molecular formula is C12H11F2N3O3S. The summed E-state index contributed by atoms with van der Waals surface area (Å²) in [6.07, 6.45) is -1.41. The van der Waals surface area contributed by atoms with Gasteiger partial charge in [0.05, 0.1) is 15.1 Å². The van der Waals surface area contributed by atoms with Crippen molar-refractivity contribution in [1.82, 2.24) is 10.3 Å². The van der Waals surface area contributed by atoms with Crippen LogP contribution in [0.2, 0.25) is 0 Å². The summed E-state index contributed by atoms with van der Waals surface area (Å²) >= 11 is 0.878. The molecule has 0 aliphatic rings. The van der Waals surface area contributed by atoms with Crippen molar-refractivity contribution in [2.75, 3.05) is 6.54 Å². The van der Waals surface area contributed by atoms with E-state index in [2.05, 4.69) is 10.3 Å². The predicted molar refractivity (Wildman–Crippen MR) is 72.5 cm³/mol. The molecule has 2 aromatic rings. The molecule has 21 heavy (non-hydrogen) atoms. The van der Waals surface area contributed by atoms with E-state index < -0.39 is 24.3 Å². The highest BCUT2D eigenvalue weighted by Gasteiger charge is 2.19. The zero-order valence-corrected chi connectivity index (χ0v) is 11.4. The second kappa shape index (κ2) is 6.10. The highest BCUT2D eigenvalue weighted by Crippen LogP contribution is 2.32. The van der Waals surface area contributed by atoms with E-state index in [0.717, 1.165) is 11.3 Å². The van der Waals surface area contributed by atoms with Crippen LogP contribution < -0.4 is 11.1 Å². The van der Waals surface area contributed by atoms with Crippen molar-refractivity contribution in [2.45, 2.75) is 12.5 Å². The SMILES string of the molecule is N[C@H](CNC(=O)c1cc2nccc(C(F)F)c2s1)C(=O)O. The topological polar surface area (TPSA) is 105 Å². The van der Waals surface area contributed by atoms with E-state index in [-0.39, 0.29) is 21.7 Å². The Labute approximate surface area is 121 Å². The number of aromatic nitrogens is 1. The van der Waals surface area contributed by atoms with Gasteiger partial charge in [0.15, 0.2) is 0 Å². The van der Waals surface area contributed by atoms with E-state index in [9.17, 15) is 18.4 Å². The van der Waals surface area contributed by atoms with E-state index in [1.807, 2.05) is 0 Å². The van der Waals surface area contributed by atoms with Gasteiger partial charge in [-0.2, -0.15) is 0 Å². The van der Waals surface area contributed by atoms with Gasteiger partial charge >= 0.3 is 5.97 Å². The molecule has 6 nitrogen and oxygen atoms in total. The molecule has 2 rings (SSSR count). The highest BCUT2D eigenvalue weighted by atomic mass is 32.1. The summed E-state index contributed by atoms with van der Waals surface area (Å²) in [5, 5.41) is 11.0. The summed E-state index contributed by atoms with van der Waals surface area (Å²) in [6, 6.07) is 1.36. The van der Waals surface area contributed by atoms with Crippen LogP contribution >= 0.6 is 11.3 Å². The lowest BCUT2D eigenvalue weighted by Crippen LogP contribution is -2.42. The van der Waals surface area contributed by atoms with Crippen molar-refractivity contribution in [1.29, 1.82) is 0 Å². The number of carbonyl (C=O) groups is 2. The Morgan fingerprint density at radius 2 is 2.19 bits per heavy atom. The molecule has 1 amide bonds. The largest absolute Gasteiger partial charge is 0.480 e. The number of fused-ring (bicyclic) bond motifs is 1. The van der Waals surface area contributed by atoms with E-state index in [1.165, 1.54) is 18.3 Å². The number of amides is 1. The minimum Gasteiger partial charge on any atom is -0.480 e. The molecule has 112 valence electrons. The van der Waals surface area contributed by atoms with Crippen LogP contribution in [0.4, 0.5) is 8.78 Å². The first-order valence-corrected chi connectivity index (χ1v) is 6.65. The fourth-order valence-corrected chi connectivity index (χ4v) is 2.67. The van der Waals surface area contributed by atoms with Gasteiger partial charge < -0.3 is 16.2 Å². The van der Waals surface area contributed by atoms with E-state index in [0.29, 0.717) is 5.52 Å². The van der Waals surface area contributed by atoms with Crippen molar-refractivity contribution < 1.29 is 23.5 Å². The smallest absolute Gasteiger partial charge is 0.322 e. The standard InChI is InChI=1S/C12H11F2N3O3S/c13-10(14)5-1-2-16-7-3-8(21-9(5)7)11(18)17-4-6(15)12(19)20/h1-3,6,10H,4,15H2,(H,17,18)(H,19,20)/t6-/m1/s1. The minimum atomic E-state index is -2.66. The molecule has 4 N–H and O–H groups in total. The highest BCUT2D eigenvalue weighted by molar-refractivity contribution is 7.21.